The smallest absolute Gasteiger partial charge is 0.218 e. The predicted molar refractivity (Wildman–Crippen MR) is 118 cm³/mol. The van der Waals surface area contributed by atoms with E-state index in [4.69, 9.17) is 16.4 Å². The lowest BCUT2D eigenvalue weighted by Crippen LogP contribution is -2.42. The monoisotopic (exact) mass is 463 g/mol. The van der Waals surface area contributed by atoms with Crippen LogP contribution in [0.2, 0.25) is 0 Å². The number of hydrogen-bond donors (Lipinski definition) is 3. The standard InChI is InChI=1S/C23H17F3N8/c1-12(15-9-32-34(10-15)21-17(25)6-16(24)7-18(21)26)33-23-19(22(29)30-11-31-23)20(28)14-4-2-3-13(5-14)8-27/h2-7,9-12,28H,1H3,(H3,29,30,31,33)/p+1. The highest BCUT2D eigenvalue weighted by Crippen LogP contribution is 2.26. The van der Waals surface area contributed by atoms with Crippen molar-refractivity contribution in [1.29, 1.82) is 5.26 Å². The van der Waals surface area contributed by atoms with E-state index >= 15 is 0 Å². The molecule has 0 aliphatic rings. The molecular formula is C23H18F3N8+. The van der Waals surface area contributed by atoms with Crippen molar-refractivity contribution < 1.29 is 18.6 Å². The van der Waals surface area contributed by atoms with Gasteiger partial charge in [-0.2, -0.15) is 10.4 Å². The maximum atomic E-state index is 14.1. The van der Waals surface area contributed by atoms with Crippen molar-refractivity contribution in [3.8, 4) is 11.8 Å². The topological polar surface area (TPSA) is 131 Å². The van der Waals surface area contributed by atoms with Crippen LogP contribution < -0.4 is 16.5 Å². The first-order valence-electron chi connectivity index (χ1n) is 9.98. The van der Waals surface area contributed by atoms with Crippen molar-refractivity contribution in [3.63, 3.8) is 0 Å². The summed E-state index contributed by atoms with van der Waals surface area (Å²) in [6.07, 6.45) is 4.08. The predicted octanol–water partition coefficient (Wildman–Crippen LogP) is 2.30. The number of halogens is 3. The van der Waals surface area contributed by atoms with Gasteiger partial charge >= 0.3 is 0 Å². The molecule has 0 aliphatic carbocycles. The Morgan fingerprint density at radius 3 is 2.62 bits per heavy atom. The van der Waals surface area contributed by atoms with Crippen LogP contribution in [0.25, 0.3) is 5.69 Å². The van der Waals surface area contributed by atoms with Gasteiger partial charge in [0.1, 0.15) is 35.0 Å². The highest BCUT2D eigenvalue weighted by molar-refractivity contribution is 6.14. The second-order valence-corrected chi connectivity index (χ2v) is 7.39. The van der Waals surface area contributed by atoms with Crippen LogP contribution in [-0.2, 0) is 0 Å². The van der Waals surface area contributed by atoms with Gasteiger partial charge in [-0.25, -0.2) is 27.8 Å². The molecule has 0 saturated heterocycles. The highest BCUT2D eigenvalue weighted by atomic mass is 19.1. The van der Waals surface area contributed by atoms with Gasteiger partial charge < -0.3 is 11.1 Å². The van der Waals surface area contributed by atoms with E-state index in [0.717, 1.165) is 4.68 Å². The Morgan fingerprint density at radius 2 is 1.91 bits per heavy atom. The lowest BCUT2D eigenvalue weighted by Gasteiger charge is -2.16. The molecule has 2 heterocycles. The fourth-order valence-corrected chi connectivity index (χ4v) is 3.40. The molecule has 1 unspecified atom stereocenters. The van der Waals surface area contributed by atoms with Crippen LogP contribution in [0.1, 0.15) is 35.2 Å². The molecule has 11 heteroatoms. The summed E-state index contributed by atoms with van der Waals surface area (Å²) < 4.78 is 42.5. The molecule has 0 fully saturated rings. The summed E-state index contributed by atoms with van der Waals surface area (Å²) in [4.78, 5) is 8.25. The Balaban J connectivity index is 1.64. The Bertz CT molecular complexity index is 1420. The summed E-state index contributed by atoms with van der Waals surface area (Å²) in [5.74, 6) is -2.76. The summed E-state index contributed by atoms with van der Waals surface area (Å²) >= 11 is 0. The number of hydrogen-bond acceptors (Lipinski definition) is 6. The Morgan fingerprint density at radius 1 is 1.18 bits per heavy atom. The number of nitrogens with two attached hydrogens (primary N) is 2. The summed E-state index contributed by atoms with van der Waals surface area (Å²) in [5, 5.41) is 22.7. The second kappa shape index (κ2) is 9.03. The quantitative estimate of drug-likeness (QED) is 0.376. The Hall–Kier alpha value is -4.72. The maximum absolute atomic E-state index is 14.1. The first-order valence-corrected chi connectivity index (χ1v) is 9.98. The molecule has 0 aliphatic heterocycles. The van der Waals surface area contributed by atoms with Crippen LogP contribution >= 0.6 is 0 Å². The van der Waals surface area contributed by atoms with Crippen molar-refractivity contribution in [2.45, 2.75) is 13.0 Å². The zero-order valence-corrected chi connectivity index (χ0v) is 17.8. The lowest BCUT2D eigenvalue weighted by molar-refractivity contribution is -0.111. The van der Waals surface area contributed by atoms with Crippen molar-refractivity contribution in [3.05, 3.63) is 94.8 Å². The molecule has 170 valence electrons. The van der Waals surface area contributed by atoms with Gasteiger partial charge in [0.15, 0.2) is 11.6 Å². The number of anilines is 2. The summed E-state index contributed by atoms with van der Waals surface area (Å²) in [7, 11) is 0. The number of nitriles is 1. The molecule has 0 saturated carbocycles. The van der Waals surface area contributed by atoms with E-state index in [0.29, 0.717) is 40.2 Å². The molecule has 0 bridgehead atoms. The summed E-state index contributed by atoms with van der Waals surface area (Å²) in [6.45, 7) is 1.77. The molecule has 2 aromatic carbocycles. The van der Waals surface area contributed by atoms with Crippen molar-refractivity contribution in [2.75, 3.05) is 11.1 Å². The van der Waals surface area contributed by atoms with Gasteiger partial charge in [0, 0.05) is 29.5 Å². The number of rotatable bonds is 6. The minimum atomic E-state index is -1.08. The zero-order chi connectivity index (χ0) is 24.4. The van der Waals surface area contributed by atoms with Crippen LogP contribution in [0, 0.1) is 28.8 Å². The maximum Gasteiger partial charge on any atom is 0.218 e. The third-order valence-electron chi connectivity index (χ3n) is 5.12. The number of nitrogens with zero attached hydrogens (tertiary/aromatic N) is 5. The van der Waals surface area contributed by atoms with Crippen LogP contribution in [-0.4, -0.2) is 25.5 Å². The van der Waals surface area contributed by atoms with Gasteiger partial charge in [-0.05, 0) is 25.1 Å². The van der Waals surface area contributed by atoms with Crippen molar-refractivity contribution in [1.82, 2.24) is 19.7 Å². The fraction of sp³-hybridized carbons (Fsp3) is 0.0870. The molecule has 5 N–H and O–H groups in total. The van der Waals surface area contributed by atoms with Crippen LogP contribution in [0.4, 0.5) is 24.8 Å². The Labute approximate surface area is 192 Å². The highest BCUT2D eigenvalue weighted by Gasteiger charge is 2.23. The number of aromatic nitrogens is 4. The molecule has 2 aromatic heterocycles. The molecule has 0 radical (unpaired) electrons. The van der Waals surface area contributed by atoms with E-state index in [-0.39, 0.29) is 11.5 Å². The zero-order valence-electron chi connectivity index (χ0n) is 17.8. The van der Waals surface area contributed by atoms with E-state index in [9.17, 15) is 13.2 Å². The van der Waals surface area contributed by atoms with Crippen LogP contribution in [0.5, 0.6) is 0 Å². The van der Waals surface area contributed by atoms with Gasteiger partial charge in [-0.1, -0.05) is 6.07 Å². The third-order valence-corrected chi connectivity index (χ3v) is 5.12. The normalized spacial score (nSPS) is 11.6. The third kappa shape index (κ3) is 4.29. The van der Waals surface area contributed by atoms with Crippen molar-refractivity contribution >= 4 is 17.3 Å². The minimum absolute atomic E-state index is 0.121. The first-order chi connectivity index (χ1) is 16.3. The van der Waals surface area contributed by atoms with Crippen molar-refractivity contribution in [2.24, 2.45) is 0 Å². The second-order valence-electron chi connectivity index (χ2n) is 7.39. The average molecular weight is 463 g/mol. The largest absolute Gasteiger partial charge is 0.383 e. The van der Waals surface area contributed by atoms with E-state index < -0.39 is 29.2 Å². The molecule has 4 rings (SSSR count). The summed E-state index contributed by atoms with van der Waals surface area (Å²) in [6, 6.07) is 9.44. The van der Waals surface area contributed by atoms with Gasteiger partial charge in [0.25, 0.3) is 0 Å². The molecule has 8 nitrogen and oxygen atoms in total. The SMILES string of the molecule is CC(Nc1ncnc(N)c1C(=[NH2+])c1cccc(C#N)c1)c1cnn(-c2c(F)cc(F)cc2F)c1. The van der Waals surface area contributed by atoms with E-state index in [2.05, 4.69) is 26.5 Å². The lowest BCUT2D eigenvalue weighted by atomic mass is 10.0. The Kier molecular flexibility index (Phi) is 5.97. The van der Waals surface area contributed by atoms with E-state index in [1.54, 1.807) is 31.2 Å². The molecule has 4 aromatic rings. The van der Waals surface area contributed by atoms with Crippen LogP contribution in [0.15, 0.2) is 55.1 Å². The first kappa shape index (κ1) is 22.5. The number of nitrogens with one attached hydrogen (secondary N) is 1. The molecule has 0 amide bonds. The molecule has 34 heavy (non-hydrogen) atoms. The fourth-order valence-electron chi connectivity index (χ4n) is 3.40. The molecular weight excluding hydrogens is 445 g/mol. The number of nitrogen functional groups attached to an aromatic ring is 1. The molecule has 0 spiro atoms. The van der Waals surface area contributed by atoms with Crippen LogP contribution in [0.3, 0.4) is 0 Å². The minimum Gasteiger partial charge on any atom is -0.383 e. The van der Waals surface area contributed by atoms with Gasteiger partial charge in [0.05, 0.1) is 23.9 Å². The number of benzene rings is 2. The summed E-state index contributed by atoms with van der Waals surface area (Å²) in [5.41, 5.74) is 7.72. The van der Waals surface area contributed by atoms with Gasteiger partial charge in [-0.3, -0.25) is 5.41 Å². The average Bonchev–Trinajstić information content (AvgIpc) is 3.28. The van der Waals surface area contributed by atoms with Gasteiger partial charge in [-0.15, -0.1) is 0 Å². The van der Waals surface area contributed by atoms with Gasteiger partial charge in [0.2, 0.25) is 5.71 Å². The van der Waals surface area contributed by atoms with E-state index in [1.807, 2.05) is 0 Å². The molecule has 1 atom stereocenters. The van der Waals surface area contributed by atoms with E-state index in [1.165, 1.54) is 18.7 Å².